The smallest absolute Gasteiger partial charge is 0.0438 e. The van der Waals surface area contributed by atoms with Crippen LogP contribution in [0.15, 0.2) is 41.8 Å². The number of hydrogen-bond acceptors (Lipinski definition) is 2. The molecule has 18 heavy (non-hydrogen) atoms. The molecule has 0 fully saturated rings. The standard InChI is InChI=1S/C15H18ClNS/c1-17-11-12(10-14-6-4-8-18-14)9-13-5-2-3-7-15(13)16/h2-8,12,17H,9-11H2,1H3. The SMILES string of the molecule is CNCC(Cc1cccs1)Cc1ccccc1Cl. The molecule has 0 radical (unpaired) electrons. The fraction of sp³-hybridized carbons (Fsp3) is 0.333. The van der Waals surface area contributed by atoms with Crippen molar-refractivity contribution in [1.82, 2.24) is 5.32 Å². The van der Waals surface area contributed by atoms with Gasteiger partial charge in [-0.3, -0.25) is 0 Å². The van der Waals surface area contributed by atoms with Crippen LogP contribution >= 0.6 is 22.9 Å². The van der Waals surface area contributed by atoms with Crippen molar-refractivity contribution >= 4 is 22.9 Å². The van der Waals surface area contributed by atoms with E-state index in [0.717, 1.165) is 24.4 Å². The summed E-state index contributed by atoms with van der Waals surface area (Å²) in [6.07, 6.45) is 2.14. The van der Waals surface area contributed by atoms with Crippen LogP contribution in [0, 0.1) is 5.92 Å². The monoisotopic (exact) mass is 279 g/mol. The van der Waals surface area contributed by atoms with Crippen LogP contribution in [0.3, 0.4) is 0 Å². The van der Waals surface area contributed by atoms with Crippen molar-refractivity contribution in [3.8, 4) is 0 Å². The van der Waals surface area contributed by atoms with Gasteiger partial charge < -0.3 is 5.32 Å². The molecule has 0 aliphatic heterocycles. The normalized spacial score (nSPS) is 12.6. The quantitative estimate of drug-likeness (QED) is 0.842. The first-order valence-corrected chi connectivity index (χ1v) is 7.45. The summed E-state index contributed by atoms with van der Waals surface area (Å²) in [5, 5.41) is 6.30. The molecule has 0 aliphatic rings. The predicted octanol–water partition coefficient (Wildman–Crippen LogP) is 4.02. The maximum atomic E-state index is 6.23. The molecule has 0 saturated carbocycles. The lowest BCUT2D eigenvalue weighted by molar-refractivity contribution is 0.496. The molecule has 1 nitrogen and oxygen atoms in total. The molecular weight excluding hydrogens is 262 g/mol. The maximum absolute atomic E-state index is 6.23. The van der Waals surface area contributed by atoms with E-state index in [0.29, 0.717) is 5.92 Å². The van der Waals surface area contributed by atoms with Crippen LogP contribution in [0.5, 0.6) is 0 Å². The van der Waals surface area contributed by atoms with Crippen LogP contribution in [0.1, 0.15) is 10.4 Å². The molecule has 1 atom stereocenters. The number of hydrogen-bond donors (Lipinski definition) is 1. The zero-order valence-corrected chi connectivity index (χ0v) is 12.1. The lowest BCUT2D eigenvalue weighted by Gasteiger charge is -2.16. The van der Waals surface area contributed by atoms with E-state index in [9.17, 15) is 0 Å². The minimum Gasteiger partial charge on any atom is -0.319 e. The second-order valence-electron chi connectivity index (χ2n) is 4.50. The minimum absolute atomic E-state index is 0.591. The highest BCUT2D eigenvalue weighted by Crippen LogP contribution is 2.22. The highest BCUT2D eigenvalue weighted by molar-refractivity contribution is 7.09. The summed E-state index contributed by atoms with van der Waals surface area (Å²) in [6.45, 7) is 1.02. The van der Waals surface area contributed by atoms with Gasteiger partial charge >= 0.3 is 0 Å². The molecule has 1 unspecified atom stereocenters. The Morgan fingerprint density at radius 2 is 2.00 bits per heavy atom. The number of benzene rings is 1. The molecule has 0 amide bonds. The molecule has 0 bridgehead atoms. The Hall–Kier alpha value is -0.830. The van der Waals surface area contributed by atoms with Gasteiger partial charge in [-0.1, -0.05) is 35.9 Å². The Morgan fingerprint density at radius 1 is 1.17 bits per heavy atom. The van der Waals surface area contributed by atoms with Gasteiger partial charge in [-0.25, -0.2) is 0 Å². The van der Waals surface area contributed by atoms with Crippen molar-refractivity contribution in [2.24, 2.45) is 5.92 Å². The molecule has 96 valence electrons. The fourth-order valence-electron chi connectivity index (χ4n) is 2.19. The van der Waals surface area contributed by atoms with E-state index in [-0.39, 0.29) is 0 Å². The first kappa shape index (κ1) is 13.6. The Labute approximate surface area is 118 Å². The Bertz CT molecular complexity index is 467. The van der Waals surface area contributed by atoms with Gasteiger partial charge in [0.2, 0.25) is 0 Å². The van der Waals surface area contributed by atoms with Gasteiger partial charge in [-0.2, -0.15) is 0 Å². The second kappa shape index (κ2) is 6.93. The van der Waals surface area contributed by atoms with Crippen LogP contribution in [0.25, 0.3) is 0 Å². The van der Waals surface area contributed by atoms with Gasteiger partial charge in [-0.15, -0.1) is 11.3 Å². The molecule has 0 spiro atoms. The van der Waals surface area contributed by atoms with E-state index in [4.69, 9.17) is 11.6 Å². The second-order valence-corrected chi connectivity index (χ2v) is 5.94. The third-order valence-electron chi connectivity index (χ3n) is 3.03. The molecule has 1 heterocycles. The number of halogens is 1. The largest absolute Gasteiger partial charge is 0.319 e. The summed E-state index contributed by atoms with van der Waals surface area (Å²) < 4.78 is 0. The fourth-order valence-corrected chi connectivity index (χ4v) is 3.23. The highest BCUT2D eigenvalue weighted by atomic mass is 35.5. The van der Waals surface area contributed by atoms with Crippen LogP contribution in [-0.2, 0) is 12.8 Å². The van der Waals surface area contributed by atoms with Gasteiger partial charge in [-0.05, 0) is 55.4 Å². The van der Waals surface area contributed by atoms with E-state index in [1.807, 2.05) is 30.5 Å². The molecule has 2 aromatic rings. The van der Waals surface area contributed by atoms with E-state index < -0.39 is 0 Å². The van der Waals surface area contributed by atoms with E-state index in [1.54, 1.807) is 0 Å². The summed E-state index contributed by atoms with van der Waals surface area (Å²) in [7, 11) is 2.01. The third kappa shape index (κ3) is 3.84. The average Bonchev–Trinajstić information content (AvgIpc) is 2.85. The predicted molar refractivity (Wildman–Crippen MR) is 80.6 cm³/mol. The number of rotatable bonds is 6. The van der Waals surface area contributed by atoms with Crippen LogP contribution in [0.4, 0.5) is 0 Å². The van der Waals surface area contributed by atoms with Crippen molar-refractivity contribution in [2.45, 2.75) is 12.8 Å². The summed E-state index contributed by atoms with van der Waals surface area (Å²) in [4.78, 5) is 1.45. The van der Waals surface area contributed by atoms with Crippen LogP contribution in [-0.4, -0.2) is 13.6 Å². The van der Waals surface area contributed by atoms with E-state index in [2.05, 4.69) is 35.0 Å². The topological polar surface area (TPSA) is 12.0 Å². The van der Waals surface area contributed by atoms with E-state index in [1.165, 1.54) is 10.4 Å². The molecule has 2 rings (SSSR count). The molecule has 1 aromatic carbocycles. The summed E-state index contributed by atoms with van der Waals surface area (Å²) >= 11 is 8.06. The van der Waals surface area contributed by atoms with Crippen molar-refractivity contribution in [3.05, 3.63) is 57.2 Å². The molecule has 1 N–H and O–H groups in total. The highest BCUT2D eigenvalue weighted by Gasteiger charge is 2.12. The van der Waals surface area contributed by atoms with Crippen LogP contribution in [0.2, 0.25) is 5.02 Å². The van der Waals surface area contributed by atoms with Crippen molar-refractivity contribution < 1.29 is 0 Å². The molecular formula is C15H18ClNS. The van der Waals surface area contributed by atoms with Gasteiger partial charge in [0.15, 0.2) is 0 Å². The third-order valence-corrected chi connectivity index (χ3v) is 4.30. The van der Waals surface area contributed by atoms with Crippen molar-refractivity contribution in [1.29, 1.82) is 0 Å². The summed E-state index contributed by atoms with van der Waals surface area (Å²) in [6, 6.07) is 12.5. The zero-order chi connectivity index (χ0) is 12.8. The van der Waals surface area contributed by atoms with Crippen molar-refractivity contribution in [2.75, 3.05) is 13.6 Å². The lowest BCUT2D eigenvalue weighted by Crippen LogP contribution is -2.22. The van der Waals surface area contributed by atoms with Gasteiger partial charge in [0.1, 0.15) is 0 Å². The lowest BCUT2D eigenvalue weighted by atomic mass is 9.95. The zero-order valence-electron chi connectivity index (χ0n) is 10.5. The average molecular weight is 280 g/mol. The van der Waals surface area contributed by atoms with Gasteiger partial charge in [0.25, 0.3) is 0 Å². The Morgan fingerprint density at radius 3 is 2.67 bits per heavy atom. The number of thiophene rings is 1. The number of nitrogens with one attached hydrogen (secondary N) is 1. The molecule has 1 aromatic heterocycles. The van der Waals surface area contributed by atoms with E-state index >= 15 is 0 Å². The first-order valence-electron chi connectivity index (χ1n) is 6.20. The summed E-state index contributed by atoms with van der Waals surface area (Å²) in [5.41, 5.74) is 1.25. The Kier molecular flexibility index (Phi) is 5.24. The first-order chi connectivity index (χ1) is 8.79. The van der Waals surface area contributed by atoms with Crippen LogP contribution < -0.4 is 5.32 Å². The van der Waals surface area contributed by atoms with Gasteiger partial charge in [0.05, 0.1) is 0 Å². The Balaban J connectivity index is 2.04. The van der Waals surface area contributed by atoms with Crippen molar-refractivity contribution in [3.63, 3.8) is 0 Å². The molecule has 3 heteroatoms. The molecule has 0 saturated heterocycles. The molecule has 0 aliphatic carbocycles. The van der Waals surface area contributed by atoms with Gasteiger partial charge in [0, 0.05) is 9.90 Å². The maximum Gasteiger partial charge on any atom is 0.0438 e. The summed E-state index contributed by atoms with van der Waals surface area (Å²) in [5.74, 6) is 0.591. The minimum atomic E-state index is 0.591.